The maximum Gasteiger partial charge on any atom is 0.450 e. The summed E-state index contributed by atoms with van der Waals surface area (Å²) in [5.41, 5.74) is 0. The molecule has 0 spiro atoms. The van der Waals surface area contributed by atoms with Crippen LogP contribution in [0.5, 0.6) is 0 Å². The van der Waals surface area contributed by atoms with Gasteiger partial charge in [-0.3, -0.25) is 19.2 Å². The summed E-state index contributed by atoms with van der Waals surface area (Å²) >= 11 is 0. The van der Waals surface area contributed by atoms with Crippen LogP contribution in [0.25, 0.3) is 0 Å². The van der Waals surface area contributed by atoms with Crippen LogP contribution in [-0.4, -0.2) is 35.5 Å². The zero-order valence-corrected chi connectivity index (χ0v) is 11.6. The predicted octanol–water partition coefficient (Wildman–Crippen LogP) is 2.19. The summed E-state index contributed by atoms with van der Waals surface area (Å²) in [6.45, 7) is 1.87. The van der Waals surface area contributed by atoms with Gasteiger partial charge in [0.25, 0.3) is 0 Å². The van der Waals surface area contributed by atoms with E-state index in [1.54, 1.807) is 0 Å². The molecule has 0 bridgehead atoms. The molecule has 0 unspecified atom stereocenters. The third kappa shape index (κ3) is 15.0. The maximum atomic E-state index is 11.3. The molecule has 0 atom stereocenters. The van der Waals surface area contributed by atoms with E-state index in [9.17, 15) is 45.5 Å². The minimum atomic E-state index is -4.87. The van der Waals surface area contributed by atoms with E-state index >= 15 is 0 Å². The summed E-state index contributed by atoms with van der Waals surface area (Å²) in [5.74, 6) is -5.52. The van der Waals surface area contributed by atoms with Crippen molar-refractivity contribution in [1.29, 1.82) is 0 Å². The molecule has 0 radical (unpaired) electrons. The monoisotopic (exact) mass is 366 g/mol. The topological polar surface area (TPSA) is 68.3 Å². The molecule has 21 heavy (non-hydrogen) atoms. The summed E-state index contributed by atoms with van der Waals surface area (Å²) in [6.07, 6.45) is -11.8. The molecule has 0 N–H and O–H groups in total. The normalized spacial score (nSPS) is 10.7. The SMILES string of the molecule is CC(=O)CC(=O)C(F)(F)F.CC(=O)CC(=O)C(F)(F)F.[Ni]. The van der Waals surface area contributed by atoms with Gasteiger partial charge in [-0.15, -0.1) is 0 Å². The van der Waals surface area contributed by atoms with Crippen molar-refractivity contribution in [3.63, 3.8) is 0 Å². The molecule has 0 saturated carbocycles. The molecule has 0 aromatic carbocycles. The number of halogens is 6. The van der Waals surface area contributed by atoms with Gasteiger partial charge in [0, 0.05) is 16.5 Å². The molecule has 11 heteroatoms. The second-order valence-corrected chi connectivity index (χ2v) is 3.60. The summed E-state index contributed by atoms with van der Waals surface area (Å²) in [7, 11) is 0. The molecule has 126 valence electrons. The van der Waals surface area contributed by atoms with Crippen molar-refractivity contribution in [2.75, 3.05) is 0 Å². The maximum absolute atomic E-state index is 11.3. The minimum absolute atomic E-state index is 0. The van der Waals surface area contributed by atoms with E-state index in [0.717, 1.165) is 13.8 Å². The summed E-state index contributed by atoms with van der Waals surface area (Å²) in [6, 6.07) is 0. The standard InChI is InChI=1S/2C5H5F3O2.Ni/c2*1-3(9)2-4(10)5(6,7)8;/h2*2H2,1H3;. The van der Waals surface area contributed by atoms with Crippen LogP contribution in [0.1, 0.15) is 26.7 Å². The van der Waals surface area contributed by atoms with Crippen LogP contribution in [0.4, 0.5) is 26.3 Å². The van der Waals surface area contributed by atoms with Gasteiger partial charge in [-0.2, -0.15) is 26.3 Å². The number of rotatable bonds is 4. The fourth-order valence-corrected chi connectivity index (χ4v) is 0.653. The zero-order chi connectivity index (χ0) is 16.7. The summed E-state index contributed by atoms with van der Waals surface area (Å²) in [4.78, 5) is 39.8. The Labute approximate surface area is 125 Å². The average Bonchev–Trinajstić information content (AvgIpc) is 2.13. The van der Waals surface area contributed by atoms with E-state index in [0.29, 0.717) is 0 Å². The molecule has 0 aliphatic heterocycles. The zero-order valence-electron chi connectivity index (χ0n) is 10.6. The summed E-state index contributed by atoms with van der Waals surface area (Å²) < 4.78 is 67.8. The first-order chi connectivity index (χ1) is 8.67. The van der Waals surface area contributed by atoms with Crippen LogP contribution < -0.4 is 0 Å². The van der Waals surface area contributed by atoms with Crippen LogP contribution in [0.3, 0.4) is 0 Å². The van der Waals surface area contributed by atoms with E-state index in [2.05, 4.69) is 0 Å². The molecule has 0 fully saturated rings. The van der Waals surface area contributed by atoms with Gasteiger partial charge in [-0.25, -0.2) is 0 Å². The van der Waals surface area contributed by atoms with Gasteiger partial charge in [0.2, 0.25) is 11.6 Å². The number of alkyl halides is 6. The smallest absolute Gasteiger partial charge is 0.300 e. The van der Waals surface area contributed by atoms with Crippen LogP contribution in [-0.2, 0) is 35.7 Å². The molecule has 0 aliphatic carbocycles. The molecule has 0 heterocycles. The van der Waals surface area contributed by atoms with E-state index in [-0.39, 0.29) is 16.5 Å². The Morgan fingerprint density at radius 2 is 0.857 bits per heavy atom. The first-order valence-corrected chi connectivity index (χ1v) is 4.86. The second kappa shape index (κ2) is 9.65. The molecule has 0 aromatic heterocycles. The van der Waals surface area contributed by atoms with Gasteiger partial charge in [0.1, 0.15) is 11.6 Å². The van der Waals surface area contributed by atoms with Gasteiger partial charge in [0.15, 0.2) is 0 Å². The molecule has 0 aliphatic rings. The third-order valence-corrected chi connectivity index (χ3v) is 1.45. The molecule has 0 aromatic rings. The molecule has 0 rings (SSSR count). The molecule has 4 nitrogen and oxygen atoms in total. The summed E-state index contributed by atoms with van der Waals surface area (Å²) in [5, 5.41) is 0. The van der Waals surface area contributed by atoms with Gasteiger partial charge in [-0.05, 0) is 13.8 Å². The first kappa shape index (κ1) is 24.8. The predicted molar refractivity (Wildman–Crippen MR) is 52.7 cm³/mol. The Balaban J connectivity index is -0.000000295. The van der Waals surface area contributed by atoms with Gasteiger partial charge >= 0.3 is 12.4 Å². The second-order valence-electron chi connectivity index (χ2n) is 3.60. The quantitative estimate of drug-likeness (QED) is 0.434. The number of hydrogen-bond donors (Lipinski definition) is 0. The Kier molecular flexibility index (Phi) is 11.4. The number of carbonyl (C=O) groups is 4. The Hall–Kier alpha value is -1.25. The van der Waals surface area contributed by atoms with Crippen LogP contribution in [0.15, 0.2) is 0 Å². The van der Waals surface area contributed by atoms with Gasteiger partial charge < -0.3 is 0 Å². The van der Waals surface area contributed by atoms with Crippen molar-refractivity contribution in [2.24, 2.45) is 0 Å². The molecular formula is C10H10F6NiO4. The van der Waals surface area contributed by atoms with Crippen molar-refractivity contribution >= 4 is 23.1 Å². The van der Waals surface area contributed by atoms with Crippen molar-refractivity contribution in [3.05, 3.63) is 0 Å². The van der Waals surface area contributed by atoms with E-state index in [1.165, 1.54) is 0 Å². The number of Topliss-reactive ketones (excluding diaryl/α,β-unsaturated/α-hetero) is 4. The van der Waals surface area contributed by atoms with Crippen molar-refractivity contribution < 1.29 is 62.0 Å². The Morgan fingerprint density at radius 1 is 0.667 bits per heavy atom. The molecular weight excluding hydrogens is 357 g/mol. The Bertz CT molecular complexity index is 361. The van der Waals surface area contributed by atoms with Crippen LogP contribution >= 0.6 is 0 Å². The van der Waals surface area contributed by atoms with E-state index < -0.39 is 48.3 Å². The minimum Gasteiger partial charge on any atom is -0.300 e. The van der Waals surface area contributed by atoms with E-state index in [4.69, 9.17) is 0 Å². The molecule has 0 amide bonds. The van der Waals surface area contributed by atoms with Gasteiger partial charge in [0.05, 0.1) is 12.8 Å². The average molecular weight is 367 g/mol. The van der Waals surface area contributed by atoms with E-state index in [1.807, 2.05) is 0 Å². The van der Waals surface area contributed by atoms with Crippen molar-refractivity contribution in [2.45, 2.75) is 39.0 Å². The Morgan fingerprint density at radius 3 is 0.905 bits per heavy atom. The van der Waals surface area contributed by atoms with Crippen molar-refractivity contribution in [3.8, 4) is 0 Å². The first-order valence-electron chi connectivity index (χ1n) is 4.86. The van der Waals surface area contributed by atoms with Crippen molar-refractivity contribution in [1.82, 2.24) is 0 Å². The largest absolute Gasteiger partial charge is 0.450 e. The van der Waals surface area contributed by atoms with Crippen LogP contribution in [0.2, 0.25) is 0 Å². The fourth-order valence-electron chi connectivity index (χ4n) is 0.653. The van der Waals surface area contributed by atoms with Crippen LogP contribution in [0, 0.1) is 0 Å². The number of ketones is 4. The fraction of sp³-hybridized carbons (Fsp3) is 0.600. The number of carbonyl (C=O) groups excluding carboxylic acids is 4. The van der Waals surface area contributed by atoms with Gasteiger partial charge in [-0.1, -0.05) is 0 Å². The number of hydrogen-bond acceptors (Lipinski definition) is 4. The molecule has 0 saturated heterocycles. The third-order valence-electron chi connectivity index (χ3n) is 1.45.